The Labute approximate surface area is 71.0 Å². The Hall–Kier alpha value is -0.870. The maximum absolute atomic E-state index is 11.2. The Morgan fingerprint density at radius 2 is 2.00 bits per heavy atom. The van der Waals surface area contributed by atoms with Crippen LogP contribution in [0.5, 0.6) is 0 Å². The maximum Gasteiger partial charge on any atom is 0.377 e. The van der Waals surface area contributed by atoms with E-state index in [4.69, 9.17) is 4.74 Å². The molecule has 0 atom stereocenters. The molecule has 0 spiro atoms. The molecule has 1 aliphatic rings. The average molecular weight is 172 g/mol. The van der Waals surface area contributed by atoms with E-state index in [2.05, 4.69) is 16.4 Å². The molecule has 1 rings (SSSR count). The molecule has 1 aliphatic heterocycles. The molecular formula is C8H12O4. The second-order valence-electron chi connectivity index (χ2n) is 3.54. The van der Waals surface area contributed by atoms with Gasteiger partial charge in [-0.2, -0.15) is 9.78 Å². The first-order valence-corrected chi connectivity index (χ1v) is 3.63. The van der Waals surface area contributed by atoms with Crippen LogP contribution in [0, 0.1) is 0 Å². The van der Waals surface area contributed by atoms with E-state index in [9.17, 15) is 4.79 Å². The van der Waals surface area contributed by atoms with Crippen LogP contribution in [0.2, 0.25) is 0 Å². The van der Waals surface area contributed by atoms with Crippen molar-refractivity contribution >= 4 is 5.97 Å². The van der Waals surface area contributed by atoms with E-state index in [1.807, 2.05) is 0 Å². The number of carbonyl (C=O) groups excluding carboxylic acids is 1. The maximum atomic E-state index is 11.2. The molecule has 1 heterocycles. The van der Waals surface area contributed by atoms with Crippen LogP contribution in [0.15, 0.2) is 12.7 Å². The van der Waals surface area contributed by atoms with Crippen LogP contribution in [0.4, 0.5) is 0 Å². The van der Waals surface area contributed by atoms with Gasteiger partial charge in [-0.25, -0.2) is 4.79 Å². The molecular weight excluding hydrogens is 160 g/mol. The third-order valence-corrected chi connectivity index (χ3v) is 1.22. The van der Waals surface area contributed by atoms with E-state index in [0.29, 0.717) is 0 Å². The quantitative estimate of drug-likeness (QED) is 0.271. The molecule has 0 aromatic heterocycles. The van der Waals surface area contributed by atoms with Crippen molar-refractivity contribution < 1.29 is 19.3 Å². The predicted molar refractivity (Wildman–Crippen MR) is 40.9 cm³/mol. The monoisotopic (exact) mass is 172 g/mol. The van der Waals surface area contributed by atoms with Crippen molar-refractivity contribution in [3.05, 3.63) is 12.7 Å². The summed E-state index contributed by atoms with van der Waals surface area (Å²) in [6.45, 7) is 8.70. The summed E-state index contributed by atoms with van der Waals surface area (Å²) < 4.78 is 5.00. The molecule has 0 bridgehead atoms. The first-order chi connectivity index (χ1) is 5.40. The topological polar surface area (TPSA) is 51.4 Å². The fraction of sp³-hybridized carbons (Fsp3) is 0.625. The van der Waals surface area contributed by atoms with E-state index >= 15 is 0 Å². The molecule has 0 aromatic rings. The van der Waals surface area contributed by atoms with E-state index in [-0.39, 0.29) is 0 Å². The largest absolute Gasteiger partial charge is 0.456 e. The molecule has 4 heteroatoms. The number of esters is 1. The van der Waals surface area contributed by atoms with Gasteiger partial charge >= 0.3 is 11.8 Å². The van der Waals surface area contributed by atoms with Crippen LogP contribution >= 0.6 is 0 Å². The van der Waals surface area contributed by atoms with Crippen molar-refractivity contribution in [1.82, 2.24) is 0 Å². The fourth-order valence-corrected chi connectivity index (χ4v) is 0.614. The van der Waals surface area contributed by atoms with Crippen molar-refractivity contribution in [3.63, 3.8) is 0 Å². The SMILES string of the molecule is C=CC1(C(=O)OC(C)(C)C)OO1. The van der Waals surface area contributed by atoms with Gasteiger partial charge in [-0.3, -0.25) is 0 Å². The summed E-state index contributed by atoms with van der Waals surface area (Å²) in [5.41, 5.74) is -0.539. The smallest absolute Gasteiger partial charge is 0.377 e. The Kier molecular flexibility index (Phi) is 1.97. The van der Waals surface area contributed by atoms with Gasteiger partial charge in [-0.05, 0) is 26.8 Å². The minimum atomic E-state index is -1.34. The van der Waals surface area contributed by atoms with Crippen molar-refractivity contribution in [2.24, 2.45) is 0 Å². The first-order valence-electron chi connectivity index (χ1n) is 3.63. The first kappa shape index (κ1) is 9.22. The summed E-state index contributed by atoms with van der Waals surface area (Å²) in [4.78, 5) is 20.2. The fourth-order valence-electron chi connectivity index (χ4n) is 0.614. The second kappa shape index (κ2) is 2.57. The molecule has 68 valence electrons. The van der Waals surface area contributed by atoms with Gasteiger partial charge in [0.15, 0.2) is 0 Å². The Morgan fingerprint density at radius 3 is 2.25 bits per heavy atom. The standard InChI is InChI=1S/C8H12O4/c1-5-8(11-12-8)6(9)10-7(2,3)4/h5H,1H2,2-4H3. The minimum absolute atomic E-state index is 0.539. The number of ether oxygens (including phenoxy) is 1. The third kappa shape index (κ3) is 1.84. The molecule has 1 fully saturated rings. The second-order valence-corrected chi connectivity index (χ2v) is 3.54. The molecule has 0 unspecified atom stereocenters. The van der Waals surface area contributed by atoms with Gasteiger partial charge in [-0.15, -0.1) is 0 Å². The molecule has 0 aliphatic carbocycles. The van der Waals surface area contributed by atoms with Gasteiger partial charge in [0.05, 0.1) is 0 Å². The zero-order valence-corrected chi connectivity index (χ0v) is 7.42. The highest BCUT2D eigenvalue weighted by Gasteiger charge is 2.56. The Morgan fingerprint density at radius 1 is 1.50 bits per heavy atom. The van der Waals surface area contributed by atoms with Crippen LogP contribution in [0.3, 0.4) is 0 Å². The summed E-state index contributed by atoms with van der Waals surface area (Å²) in [5.74, 6) is -1.90. The molecule has 0 saturated carbocycles. The molecule has 12 heavy (non-hydrogen) atoms. The number of hydrogen-bond donors (Lipinski definition) is 0. The summed E-state index contributed by atoms with van der Waals surface area (Å²) in [6.07, 6.45) is 1.26. The van der Waals surface area contributed by atoms with Crippen molar-refractivity contribution in [2.45, 2.75) is 32.2 Å². The number of rotatable bonds is 2. The van der Waals surface area contributed by atoms with Gasteiger partial charge in [-0.1, -0.05) is 6.58 Å². The van der Waals surface area contributed by atoms with E-state index in [1.165, 1.54) is 6.08 Å². The highest BCUT2D eigenvalue weighted by molar-refractivity contribution is 5.81. The van der Waals surface area contributed by atoms with Crippen molar-refractivity contribution in [3.8, 4) is 0 Å². The zero-order valence-electron chi connectivity index (χ0n) is 7.42. The van der Waals surface area contributed by atoms with Gasteiger partial charge in [0, 0.05) is 0 Å². The van der Waals surface area contributed by atoms with Crippen molar-refractivity contribution in [2.75, 3.05) is 0 Å². The molecule has 0 N–H and O–H groups in total. The summed E-state index contributed by atoms with van der Waals surface area (Å²) in [7, 11) is 0. The third-order valence-electron chi connectivity index (χ3n) is 1.22. The van der Waals surface area contributed by atoms with Gasteiger partial charge in [0.2, 0.25) is 0 Å². The lowest BCUT2D eigenvalue weighted by atomic mass is 10.2. The molecule has 4 nitrogen and oxygen atoms in total. The molecule has 0 amide bonds. The Bertz CT molecular complexity index is 210. The predicted octanol–water partition coefficient (Wildman–Crippen LogP) is 1.17. The molecule has 1 saturated heterocycles. The van der Waals surface area contributed by atoms with Crippen LogP contribution in [-0.2, 0) is 19.3 Å². The molecule has 0 radical (unpaired) electrons. The Balaban J connectivity index is 2.55. The van der Waals surface area contributed by atoms with E-state index < -0.39 is 17.4 Å². The van der Waals surface area contributed by atoms with E-state index in [1.54, 1.807) is 20.8 Å². The van der Waals surface area contributed by atoms with Gasteiger partial charge in [0.1, 0.15) is 5.60 Å². The van der Waals surface area contributed by atoms with Crippen LogP contribution in [0.1, 0.15) is 20.8 Å². The molecule has 0 aromatic carbocycles. The van der Waals surface area contributed by atoms with Crippen LogP contribution in [-0.4, -0.2) is 17.4 Å². The summed E-state index contributed by atoms with van der Waals surface area (Å²) >= 11 is 0. The van der Waals surface area contributed by atoms with Crippen molar-refractivity contribution in [1.29, 1.82) is 0 Å². The minimum Gasteiger partial charge on any atom is -0.456 e. The van der Waals surface area contributed by atoms with Gasteiger partial charge < -0.3 is 4.74 Å². The van der Waals surface area contributed by atoms with Crippen LogP contribution < -0.4 is 0 Å². The lowest BCUT2D eigenvalue weighted by Gasteiger charge is -2.19. The highest BCUT2D eigenvalue weighted by Crippen LogP contribution is 2.33. The summed E-state index contributed by atoms with van der Waals surface area (Å²) in [6, 6.07) is 0. The summed E-state index contributed by atoms with van der Waals surface area (Å²) in [5, 5.41) is 0. The highest BCUT2D eigenvalue weighted by atomic mass is 17.4. The normalized spacial score (nSPS) is 19.9. The van der Waals surface area contributed by atoms with Gasteiger partial charge in [0.25, 0.3) is 0 Å². The zero-order chi connectivity index (χ0) is 9.41. The average Bonchev–Trinajstić information content (AvgIpc) is 2.62. The van der Waals surface area contributed by atoms with E-state index in [0.717, 1.165) is 0 Å². The number of hydrogen-bond acceptors (Lipinski definition) is 4. The van der Waals surface area contributed by atoms with Crippen LogP contribution in [0.25, 0.3) is 0 Å². The lowest BCUT2D eigenvalue weighted by Crippen LogP contribution is -2.32. The number of carbonyl (C=O) groups is 1. The lowest BCUT2D eigenvalue weighted by molar-refractivity contribution is -0.160.